The quantitative estimate of drug-likeness (QED) is 0.385. The summed E-state index contributed by atoms with van der Waals surface area (Å²) in [5.41, 5.74) is 4.67. The zero-order chi connectivity index (χ0) is 8.15. The SMILES string of the molecule is N#CC(=CN)C(=O)C(Cl)Cl. The monoisotopic (exact) mass is 178 g/mol. The van der Waals surface area contributed by atoms with Crippen molar-refractivity contribution in [1.29, 1.82) is 5.26 Å². The van der Waals surface area contributed by atoms with E-state index in [0.717, 1.165) is 6.20 Å². The number of rotatable bonds is 2. The van der Waals surface area contributed by atoms with Crippen molar-refractivity contribution >= 4 is 29.0 Å². The zero-order valence-electron chi connectivity index (χ0n) is 4.84. The predicted octanol–water partition coefficient (Wildman–Crippen LogP) is 0.725. The van der Waals surface area contributed by atoms with Gasteiger partial charge in [0.05, 0.1) is 0 Å². The maximum Gasteiger partial charge on any atom is 0.207 e. The van der Waals surface area contributed by atoms with E-state index >= 15 is 0 Å². The van der Waals surface area contributed by atoms with E-state index in [1.807, 2.05) is 0 Å². The van der Waals surface area contributed by atoms with Crippen LogP contribution in [0.25, 0.3) is 0 Å². The first-order chi connectivity index (χ1) is 4.63. The molecular weight excluding hydrogens is 175 g/mol. The Morgan fingerprint density at radius 1 is 1.70 bits per heavy atom. The molecule has 0 aliphatic carbocycles. The highest BCUT2D eigenvalue weighted by Gasteiger charge is 2.15. The van der Waals surface area contributed by atoms with Crippen molar-refractivity contribution in [1.82, 2.24) is 0 Å². The van der Waals surface area contributed by atoms with Crippen LogP contribution in [-0.2, 0) is 4.79 Å². The van der Waals surface area contributed by atoms with E-state index in [1.54, 1.807) is 6.07 Å². The fourth-order valence-corrected chi connectivity index (χ4v) is 0.527. The van der Waals surface area contributed by atoms with Crippen LogP contribution in [0.15, 0.2) is 11.8 Å². The van der Waals surface area contributed by atoms with Gasteiger partial charge in [-0.15, -0.1) is 0 Å². The van der Waals surface area contributed by atoms with E-state index in [-0.39, 0.29) is 5.57 Å². The highest BCUT2D eigenvalue weighted by atomic mass is 35.5. The molecule has 0 saturated carbocycles. The molecule has 0 amide bonds. The molecule has 5 heteroatoms. The third-order valence-electron chi connectivity index (χ3n) is 0.751. The van der Waals surface area contributed by atoms with Gasteiger partial charge < -0.3 is 5.73 Å². The molecule has 0 aliphatic rings. The molecule has 10 heavy (non-hydrogen) atoms. The summed E-state index contributed by atoms with van der Waals surface area (Å²) in [4.78, 5) is 9.46. The van der Waals surface area contributed by atoms with Gasteiger partial charge in [0.1, 0.15) is 11.6 Å². The van der Waals surface area contributed by atoms with Gasteiger partial charge in [-0.1, -0.05) is 23.2 Å². The number of nitrogens with two attached hydrogens (primary N) is 1. The maximum absolute atomic E-state index is 10.7. The van der Waals surface area contributed by atoms with Crippen LogP contribution in [0, 0.1) is 11.3 Å². The van der Waals surface area contributed by atoms with Crippen LogP contribution in [0.5, 0.6) is 0 Å². The van der Waals surface area contributed by atoms with Crippen molar-refractivity contribution in [2.24, 2.45) is 5.73 Å². The van der Waals surface area contributed by atoms with Gasteiger partial charge >= 0.3 is 0 Å². The van der Waals surface area contributed by atoms with Crippen molar-refractivity contribution in [3.05, 3.63) is 11.8 Å². The number of ketones is 1. The molecular formula is C5H4Cl2N2O. The summed E-state index contributed by atoms with van der Waals surface area (Å²) >= 11 is 10.3. The number of carbonyl (C=O) groups is 1. The topological polar surface area (TPSA) is 66.9 Å². The Hall–Kier alpha value is -0.720. The van der Waals surface area contributed by atoms with Crippen molar-refractivity contribution in [3.63, 3.8) is 0 Å². The van der Waals surface area contributed by atoms with Crippen LogP contribution in [0.4, 0.5) is 0 Å². The van der Waals surface area contributed by atoms with Gasteiger partial charge in [0.15, 0.2) is 4.84 Å². The first-order valence-electron chi connectivity index (χ1n) is 2.27. The van der Waals surface area contributed by atoms with Crippen molar-refractivity contribution < 1.29 is 4.79 Å². The summed E-state index contributed by atoms with van der Waals surface area (Å²) in [6.07, 6.45) is 0.875. The van der Waals surface area contributed by atoms with Crippen LogP contribution >= 0.6 is 23.2 Å². The maximum atomic E-state index is 10.7. The van der Waals surface area contributed by atoms with E-state index < -0.39 is 10.6 Å². The largest absolute Gasteiger partial charge is 0.403 e. The highest BCUT2D eigenvalue weighted by Crippen LogP contribution is 2.08. The molecule has 0 rings (SSSR count). The smallest absolute Gasteiger partial charge is 0.207 e. The molecule has 0 radical (unpaired) electrons. The second kappa shape index (κ2) is 4.15. The van der Waals surface area contributed by atoms with Crippen LogP contribution in [0.2, 0.25) is 0 Å². The Bertz CT molecular complexity index is 204. The number of halogens is 2. The number of nitrogens with zero attached hydrogens (tertiary/aromatic N) is 1. The summed E-state index contributed by atoms with van der Waals surface area (Å²) < 4.78 is 0. The number of nitriles is 1. The average molecular weight is 179 g/mol. The lowest BCUT2D eigenvalue weighted by molar-refractivity contribution is -0.113. The van der Waals surface area contributed by atoms with E-state index in [1.165, 1.54) is 0 Å². The molecule has 0 fully saturated rings. The second-order valence-corrected chi connectivity index (χ2v) is 2.45. The van der Waals surface area contributed by atoms with Gasteiger partial charge in [-0.05, 0) is 0 Å². The predicted molar refractivity (Wildman–Crippen MR) is 38.4 cm³/mol. The Morgan fingerprint density at radius 2 is 2.20 bits per heavy atom. The number of Topliss-reactive ketones (excluding diaryl/α,β-unsaturated/α-hetero) is 1. The third-order valence-corrected chi connectivity index (χ3v) is 1.15. The molecule has 54 valence electrons. The van der Waals surface area contributed by atoms with Gasteiger partial charge in [0.25, 0.3) is 0 Å². The first-order valence-corrected chi connectivity index (χ1v) is 3.15. The standard InChI is InChI=1S/C5H4Cl2N2O/c6-5(7)4(10)3(1-8)2-9/h1,5H,8H2. The number of carbonyl (C=O) groups excluding carboxylic acids is 1. The van der Waals surface area contributed by atoms with Gasteiger partial charge in [0.2, 0.25) is 5.78 Å². The molecule has 2 N–H and O–H groups in total. The van der Waals surface area contributed by atoms with Crippen LogP contribution in [-0.4, -0.2) is 10.6 Å². The van der Waals surface area contributed by atoms with Crippen LogP contribution in [0.1, 0.15) is 0 Å². The van der Waals surface area contributed by atoms with Gasteiger partial charge in [-0.25, -0.2) is 0 Å². The van der Waals surface area contributed by atoms with E-state index in [4.69, 9.17) is 34.2 Å². The molecule has 0 spiro atoms. The summed E-state index contributed by atoms with van der Waals surface area (Å²) in [6.45, 7) is 0. The fraction of sp³-hybridized carbons (Fsp3) is 0.200. The van der Waals surface area contributed by atoms with Gasteiger partial charge in [-0.2, -0.15) is 5.26 Å². The highest BCUT2D eigenvalue weighted by molar-refractivity contribution is 6.55. The summed E-state index contributed by atoms with van der Waals surface area (Å²) in [6, 6.07) is 1.55. The summed E-state index contributed by atoms with van der Waals surface area (Å²) in [5.74, 6) is -0.673. The van der Waals surface area contributed by atoms with Gasteiger partial charge in [0, 0.05) is 6.20 Å². The molecule has 0 saturated heterocycles. The van der Waals surface area contributed by atoms with Crippen molar-refractivity contribution in [2.45, 2.75) is 4.84 Å². The number of hydrogen-bond acceptors (Lipinski definition) is 3. The minimum absolute atomic E-state index is 0.227. The van der Waals surface area contributed by atoms with E-state index in [9.17, 15) is 4.79 Å². The van der Waals surface area contributed by atoms with Crippen molar-refractivity contribution in [2.75, 3.05) is 0 Å². The Kier molecular flexibility index (Phi) is 3.85. The average Bonchev–Trinajstić information content (AvgIpc) is 1.90. The lowest BCUT2D eigenvalue weighted by atomic mass is 10.2. The third kappa shape index (κ3) is 2.26. The second-order valence-electron chi connectivity index (χ2n) is 1.36. The number of hydrogen-bond donors (Lipinski definition) is 1. The van der Waals surface area contributed by atoms with E-state index in [0.29, 0.717) is 0 Å². The summed E-state index contributed by atoms with van der Waals surface area (Å²) in [5, 5.41) is 8.21. The Balaban J connectivity index is 4.38. The molecule has 0 bridgehead atoms. The fourth-order valence-electron chi connectivity index (χ4n) is 0.292. The summed E-state index contributed by atoms with van der Waals surface area (Å²) in [7, 11) is 0. The van der Waals surface area contributed by atoms with Crippen LogP contribution < -0.4 is 5.73 Å². The number of alkyl halides is 2. The molecule has 0 aromatic carbocycles. The molecule has 0 aromatic heterocycles. The molecule has 0 atom stereocenters. The molecule has 0 aromatic rings. The Morgan fingerprint density at radius 3 is 2.30 bits per heavy atom. The molecule has 0 heterocycles. The molecule has 3 nitrogen and oxygen atoms in total. The van der Waals surface area contributed by atoms with Crippen LogP contribution in [0.3, 0.4) is 0 Å². The number of allylic oxidation sites excluding steroid dienone is 1. The minimum atomic E-state index is -1.21. The minimum Gasteiger partial charge on any atom is -0.403 e. The molecule has 0 unspecified atom stereocenters. The first kappa shape index (κ1) is 9.28. The normalized spacial score (nSPS) is 11.2. The van der Waals surface area contributed by atoms with Gasteiger partial charge in [-0.3, -0.25) is 4.79 Å². The lowest BCUT2D eigenvalue weighted by Gasteiger charge is -1.94. The van der Waals surface area contributed by atoms with Crippen molar-refractivity contribution in [3.8, 4) is 6.07 Å². The zero-order valence-corrected chi connectivity index (χ0v) is 6.36. The molecule has 0 aliphatic heterocycles. The van der Waals surface area contributed by atoms with E-state index in [2.05, 4.69) is 0 Å². The lowest BCUT2D eigenvalue weighted by Crippen LogP contribution is -2.10. The Labute approximate surface area is 68.0 Å².